The number of phenolic OH excluding ortho intramolecular Hbond substituents is 1. The van der Waals surface area contributed by atoms with Gasteiger partial charge in [0.1, 0.15) is 5.75 Å². The molecule has 80 valence electrons. The summed E-state index contributed by atoms with van der Waals surface area (Å²) >= 11 is 0. The molecule has 0 saturated carbocycles. The molecule has 0 amide bonds. The van der Waals surface area contributed by atoms with Crippen molar-refractivity contribution >= 4 is 23.2 Å². The summed E-state index contributed by atoms with van der Waals surface area (Å²) in [4.78, 5) is 0. The standard InChI is InChI=1S/C13H14O.ClH/c1-9(2)13-11-6-4-3-5-10(11)7-8-12(13)14;/h3-9,14H,1-2H3;1H. The predicted octanol–water partition coefficient (Wildman–Crippen LogP) is 4.09. The first-order valence-electron chi connectivity index (χ1n) is 4.91. The van der Waals surface area contributed by atoms with Gasteiger partial charge in [0.15, 0.2) is 0 Å². The minimum Gasteiger partial charge on any atom is -0.508 e. The molecule has 2 aromatic rings. The van der Waals surface area contributed by atoms with E-state index in [1.54, 1.807) is 6.07 Å². The van der Waals surface area contributed by atoms with Gasteiger partial charge in [-0.1, -0.05) is 44.2 Å². The lowest BCUT2D eigenvalue weighted by atomic mass is 9.95. The normalized spacial score (nSPS) is 10.3. The van der Waals surface area contributed by atoms with Crippen molar-refractivity contribution in [3.8, 4) is 5.75 Å². The van der Waals surface area contributed by atoms with Crippen LogP contribution in [0.4, 0.5) is 0 Å². The fourth-order valence-corrected chi connectivity index (χ4v) is 1.89. The van der Waals surface area contributed by atoms with Crippen LogP contribution in [0.3, 0.4) is 0 Å². The van der Waals surface area contributed by atoms with Crippen LogP contribution in [0.1, 0.15) is 25.3 Å². The quantitative estimate of drug-likeness (QED) is 0.771. The van der Waals surface area contributed by atoms with Crippen LogP contribution < -0.4 is 0 Å². The molecule has 2 aromatic carbocycles. The third-order valence-electron chi connectivity index (χ3n) is 2.53. The van der Waals surface area contributed by atoms with Gasteiger partial charge in [0.25, 0.3) is 0 Å². The maximum absolute atomic E-state index is 9.78. The number of fused-ring (bicyclic) bond motifs is 1. The number of rotatable bonds is 1. The number of benzene rings is 2. The molecule has 0 aromatic heterocycles. The molecule has 0 atom stereocenters. The summed E-state index contributed by atoms with van der Waals surface area (Å²) in [6, 6.07) is 11.9. The Bertz CT molecular complexity index is 463. The molecule has 0 fully saturated rings. The third-order valence-corrected chi connectivity index (χ3v) is 2.53. The van der Waals surface area contributed by atoms with E-state index in [2.05, 4.69) is 26.0 Å². The fourth-order valence-electron chi connectivity index (χ4n) is 1.89. The molecule has 0 aliphatic rings. The van der Waals surface area contributed by atoms with E-state index in [9.17, 15) is 5.11 Å². The first-order valence-corrected chi connectivity index (χ1v) is 4.91. The van der Waals surface area contributed by atoms with Gasteiger partial charge in [0.05, 0.1) is 0 Å². The fraction of sp³-hybridized carbons (Fsp3) is 0.231. The van der Waals surface area contributed by atoms with E-state index in [4.69, 9.17) is 0 Å². The first-order chi connectivity index (χ1) is 6.70. The minimum atomic E-state index is 0. The van der Waals surface area contributed by atoms with Crippen molar-refractivity contribution in [2.45, 2.75) is 19.8 Å². The smallest absolute Gasteiger partial charge is 0.119 e. The molecule has 2 rings (SSSR count). The summed E-state index contributed by atoms with van der Waals surface area (Å²) in [6.45, 7) is 4.20. The molecule has 0 aliphatic carbocycles. The average molecular weight is 223 g/mol. The molecule has 0 unspecified atom stereocenters. The van der Waals surface area contributed by atoms with Crippen molar-refractivity contribution < 1.29 is 5.11 Å². The highest BCUT2D eigenvalue weighted by molar-refractivity contribution is 5.88. The topological polar surface area (TPSA) is 20.2 Å². The molecule has 1 nitrogen and oxygen atoms in total. The number of hydrogen-bond donors (Lipinski definition) is 1. The molecular formula is C13H15ClO. The summed E-state index contributed by atoms with van der Waals surface area (Å²) in [5.74, 6) is 0.750. The van der Waals surface area contributed by atoms with Crippen LogP contribution in [0.15, 0.2) is 36.4 Å². The van der Waals surface area contributed by atoms with E-state index in [1.807, 2.05) is 18.2 Å². The molecule has 1 N–H and O–H groups in total. The molecule has 2 heteroatoms. The molecule has 0 radical (unpaired) electrons. The summed E-state index contributed by atoms with van der Waals surface area (Å²) in [7, 11) is 0. The Morgan fingerprint density at radius 2 is 1.67 bits per heavy atom. The van der Waals surface area contributed by atoms with Crippen LogP contribution >= 0.6 is 12.4 Å². The van der Waals surface area contributed by atoms with Gasteiger partial charge in [0.2, 0.25) is 0 Å². The Balaban J connectivity index is 0.00000112. The Hall–Kier alpha value is -1.21. The Labute approximate surface area is 96.2 Å². The van der Waals surface area contributed by atoms with E-state index >= 15 is 0 Å². The van der Waals surface area contributed by atoms with Crippen LogP contribution in [0.25, 0.3) is 10.8 Å². The monoisotopic (exact) mass is 222 g/mol. The number of aromatic hydroxyl groups is 1. The number of hydrogen-bond acceptors (Lipinski definition) is 1. The second-order valence-electron chi connectivity index (χ2n) is 3.87. The van der Waals surface area contributed by atoms with Gasteiger partial charge in [-0.05, 0) is 22.8 Å². The molecular weight excluding hydrogens is 208 g/mol. The van der Waals surface area contributed by atoms with Gasteiger partial charge >= 0.3 is 0 Å². The Kier molecular flexibility index (Phi) is 3.59. The van der Waals surface area contributed by atoms with Gasteiger partial charge in [-0.2, -0.15) is 0 Å². The van der Waals surface area contributed by atoms with E-state index in [-0.39, 0.29) is 12.4 Å². The van der Waals surface area contributed by atoms with E-state index < -0.39 is 0 Å². The third kappa shape index (κ3) is 2.07. The zero-order chi connectivity index (χ0) is 10.1. The maximum atomic E-state index is 9.78. The van der Waals surface area contributed by atoms with Gasteiger partial charge in [-0.3, -0.25) is 0 Å². The van der Waals surface area contributed by atoms with Gasteiger partial charge in [-0.25, -0.2) is 0 Å². The summed E-state index contributed by atoms with van der Waals surface area (Å²) in [5.41, 5.74) is 1.04. The van der Waals surface area contributed by atoms with E-state index in [0.717, 1.165) is 10.9 Å². The van der Waals surface area contributed by atoms with Crippen LogP contribution in [-0.4, -0.2) is 5.11 Å². The van der Waals surface area contributed by atoms with E-state index in [0.29, 0.717) is 11.7 Å². The Morgan fingerprint density at radius 1 is 1.00 bits per heavy atom. The van der Waals surface area contributed by atoms with Crippen molar-refractivity contribution in [3.05, 3.63) is 42.0 Å². The average Bonchev–Trinajstić information content (AvgIpc) is 2.17. The molecule has 15 heavy (non-hydrogen) atoms. The largest absolute Gasteiger partial charge is 0.508 e. The molecule has 0 heterocycles. The lowest BCUT2D eigenvalue weighted by Gasteiger charge is -2.11. The van der Waals surface area contributed by atoms with Crippen molar-refractivity contribution in [3.63, 3.8) is 0 Å². The van der Waals surface area contributed by atoms with Crippen molar-refractivity contribution in [2.24, 2.45) is 0 Å². The van der Waals surface area contributed by atoms with Crippen molar-refractivity contribution in [1.29, 1.82) is 0 Å². The predicted molar refractivity (Wildman–Crippen MR) is 66.9 cm³/mol. The Morgan fingerprint density at radius 3 is 2.33 bits per heavy atom. The highest BCUT2D eigenvalue weighted by Gasteiger charge is 2.09. The van der Waals surface area contributed by atoms with Gasteiger partial charge < -0.3 is 5.11 Å². The number of phenols is 1. The number of halogens is 1. The van der Waals surface area contributed by atoms with Crippen LogP contribution in [0.2, 0.25) is 0 Å². The summed E-state index contributed by atoms with van der Waals surface area (Å²) < 4.78 is 0. The minimum absolute atomic E-state index is 0. The zero-order valence-corrected chi connectivity index (χ0v) is 9.71. The molecule has 0 saturated heterocycles. The van der Waals surface area contributed by atoms with Crippen LogP contribution in [0, 0.1) is 0 Å². The second-order valence-corrected chi connectivity index (χ2v) is 3.87. The van der Waals surface area contributed by atoms with Crippen molar-refractivity contribution in [1.82, 2.24) is 0 Å². The molecule has 0 aliphatic heterocycles. The highest BCUT2D eigenvalue weighted by Crippen LogP contribution is 2.32. The molecule has 0 spiro atoms. The first kappa shape index (κ1) is 11.9. The lowest BCUT2D eigenvalue weighted by Crippen LogP contribution is -1.90. The lowest BCUT2D eigenvalue weighted by molar-refractivity contribution is 0.466. The summed E-state index contributed by atoms with van der Waals surface area (Å²) in [5, 5.41) is 12.1. The second kappa shape index (κ2) is 4.54. The van der Waals surface area contributed by atoms with Gasteiger partial charge in [-0.15, -0.1) is 12.4 Å². The van der Waals surface area contributed by atoms with Gasteiger partial charge in [0, 0.05) is 5.56 Å². The van der Waals surface area contributed by atoms with Crippen LogP contribution in [-0.2, 0) is 0 Å². The summed E-state index contributed by atoms with van der Waals surface area (Å²) in [6.07, 6.45) is 0. The zero-order valence-electron chi connectivity index (χ0n) is 8.90. The SMILES string of the molecule is CC(C)c1c(O)ccc2ccccc12.Cl. The van der Waals surface area contributed by atoms with Crippen molar-refractivity contribution in [2.75, 3.05) is 0 Å². The molecule has 0 bridgehead atoms. The highest BCUT2D eigenvalue weighted by atomic mass is 35.5. The maximum Gasteiger partial charge on any atom is 0.119 e. The van der Waals surface area contributed by atoms with Crippen LogP contribution in [0.5, 0.6) is 5.75 Å². The van der Waals surface area contributed by atoms with E-state index in [1.165, 1.54) is 5.39 Å².